The van der Waals surface area contributed by atoms with Crippen LogP contribution in [0.15, 0.2) is 72.8 Å². The van der Waals surface area contributed by atoms with Crippen molar-refractivity contribution in [1.29, 1.82) is 0 Å². The monoisotopic (exact) mass is 445 g/mol. The number of nitro benzene ring substituents is 1. The molecule has 1 spiro atoms. The number of non-ortho nitro benzene ring substituents is 1. The lowest BCUT2D eigenvalue weighted by molar-refractivity contribution is -0.384. The van der Waals surface area contributed by atoms with Crippen LogP contribution in [-0.4, -0.2) is 35.1 Å². The molecular formula is C25H20FN3O4. The third kappa shape index (κ3) is 3.06. The maximum Gasteiger partial charge on any atom is 0.269 e. The minimum atomic E-state index is -1.26. The highest BCUT2D eigenvalue weighted by Crippen LogP contribution is 2.55. The van der Waals surface area contributed by atoms with E-state index in [-0.39, 0.29) is 17.4 Å². The van der Waals surface area contributed by atoms with Crippen molar-refractivity contribution in [3.05, 3.63) is 105 Å². The van der Waals surface area contributed by atoms with Crippen molar-refractivity contribution >= 4 is 23.1 Å². The normalized spacial score (nSPS) is 24.0. The van der Waals surface area contributed by atoms with E-state index in [1.165, 1.54) is 36.4 Å². The zero-order chi connectivity index (χ0) is 23.3. The van der Waals surface area contributed by atoms with Gasteiger partial charge in [-0.3, -0.25) is 24.6 Å². The van der Waals surface area contributed by atoms with Crippen molar-refractivity contribution in [3.63, 3.8) is 0 Å². The molecule has 0 aliphatic carbocycles. The lowest BCUT2D eigenvalue weighted by Gasteiger charge is -2.35. The summed E-state index contributed by atoms with van der Waals surface area (Å²) in [7, 11) is 1.80. The van der Waals surface area contributed by atoms with Crippen LogP contribution in [0.1, 0.15) is 27.4 Å². The molecule has 1 fully saturated rings. The lowest BCUT2D eigenvalue weighted by atomic mass is 9.70. The Morgan fingerprint density at radius 3 is 2.42 bits per heavy atom. The fourth-order valence-electron chi connectivity index (χ4n) is 5.33. The molecule has 0 bridgehead atoms. The summed E-state index contributed by atoms with van der Waals surface area (Å²) in [6.45, 7) is 0.386. The molecule has 3 aromatic rings. The van der Waals surface area contributed by atoms with E-state index in [0.717, 1.165) is 5.56 Å². The second-order valence-electron chi connectivity index (χ2n) is 8.45. The first kappa shape index (κ1) is 21.0. The molecule has 5 rings (SSSR count). The zero-order valence-corrected chi connectivity index (χ0v) is 17.7. The Balaban J connectivity index is 1.69. The van der Waals surface area contributed by atoms with Gasteiger partial charge < -0.3 is 5.32 Å². The van der Waals surface area contributed by atoms with Crippen molar-refractivity contribution in [2.24, 2.45) is 5.92 Å². The van der Waals surface area contributed by atoms with Crippen molar-refractivity contribution in [2.75, 3.05) is 18.9 Å². The molecule has 166 valence electrons. The average Bonchev–Trinajstić information content (AvgIpc) is 3.29. The summed E-state index contributed by atoms with van der Waals surface area (Å²) in [5, 5.41) is 14.0. The molecule has 2 heterocycles. The first-order valence-electron chi connectivity index (χ1n) is 10.5. The number of hydrogen-bond donors (Lipinski definition) is 1. The summed E-state index contributed by atoms with van der Waals surface area (Å²) >= 11 is 0. The molecule has 1 amide bonds. The Morgan fingerprint density at radius 2 is 1.76 bits per heavy atom. The number of ketones is 1. The van der Waals surface area contributed by atoms with Crippen LogP contribution in [0, 0.1) is 21.8 Å². The maximum absolute atomic E-state index is 13.9. The Hall–Kier alpha value is -3.91. The summed E-state index contributed by atoms with van der Waals surface area (Å²) in [6.07, 6.45) is 0. The van der Waals surface area contributed by atoms with Gasteiger partial charge in [-0.1, -0.05) is 30.3 Å². The highest BCUT2D eigenvalue weighted by molar-refractivity contribution is 6.12. The van der Waals surface area contributed by atoms with E-state index >= 15 is 0 Å². The number of hydrogen-bond acceptors (Lipinski definition) is 5. The standard InChI is InChI=1S/C25H20FN3O4/c1-28-14-19(15-8-12-18(13-9-15)29(32)33)22(23(30)16-6-10-17(26)11-7-16)25(28)20-4-2-3-5-21(20)27-24(25)31/h2-13,19,22H,14H2,1H3,(H,27,31). The van der Waals surface area contributed by atoms with Crippen LogP contribution in [0.5, 0.6) is 0 Å². The number of nitrogens with zero attached hydrogens (tertiary/aromatic N) is 2. The molecule has 0 saturated carbocycles. The van der Waals surface area contributed by atoms with Crippen molar-refractivity contribution in [2.45, 2.75) is 11.5 Å². The second-order valence-corrected chi connectivity index (χ2v) is 8.45. The summed E-state index contributed by atoms with van der Waals surface area (Å²) in [5.41, 5.74) is 1.08. The molecule has 3 atom stereocenters. The Labute approximate surface area is 189 Å². The first-order valence-corrected chi connectivity index (χ1v) is 10.5. The number of rotatable bonds is 4. The Morgan fingerprint density at radius 1 is 1.09 bits per heavy atom. The van der Waals surface area contributed by atoms with Crippen LogP contribution in [0.3, 0.4) is 0 Å². The predicted molar refractivity (Wildman–Crippen MR) is 119 cm³/mol. The number of carbonyl (C=O) groups excluding carboxylic acids is 2. The van der Waals surface area contributed by atoms with Gasteiger partial charge in [-0.05, 0) is 42.9 Å². The molecule has 33 heavy (non-hydrogen) atoms. The van der Waals surface area contributed by atoms with Gasteiger partial charge in [-0.2, -0.15) is 0 Å². The van der Waals surface area contributed by atoms with Crippen LogP contribution < -0.4 is 5.32 Å². The third-order valence-electron chi connectivity index (χ3n) is 6.80. The number of likely N-dealkylation sites (N-methyl/N-ethyl adjacent to an activating group) is 1. The molecule has 3 aromatic carbocycles. The quantitative estimate of drug-likeness (QED) is 0.371. The van der Waals surface area contributed by atoms with Gasteiger partial charge in [0.15, 0.2) is 5.78 Å². The van der Waals surface area contributed by atoms with Crippen LogP contribution in [-0.2, 0) is 10.3 Å². The number of Topliss-reactive ketones (excluding diaryl/α,β-unsaturated/α-hetero) is 1. The van der Waals surface area contributed by atoms with Crippen molar-refractivity contribution in [1.82, 2.24) is 4.90 Å². The van der Waals surface area contributed by atoms with Gasteiger partial charge in [0.25, 0.3) is 5.69 Å². The molecule has 2 aliphatic rings. The Bertz CT molecular complexity index is 1280. The number of nitrogens with one attached hydrogen (secondary N) is 1. The predicted octanol–water partition coefficient (Wildman–Crippen LogP) is 4.11. The Kier molecular flexibility index (Phi) is 4.83. The van der Waals surface area contributed by atoms with E-state index in [1.54, 1.807) is 25.2 Å². The van der Waals surface area contributed by atoms with Crippen LogP contribution in [0.2, 0.25) is 0 Å². The summed E-state index contributed by atoms with van der Waals surface area (Å²) in [6, 6.07) is 18.7. The maximum atomic E-state index is 13.9. The molecule has 0 aromatic heterocycles. The largest absolute Gasteiger partial charge is 0.324 e. The molecule has 3 unspecified atom stereocenters. The van der Waals surface area contributed by atoms with Crippen LogP contribution in [0.4, 0.5) is 15.8 Å². The van der Waals surface area contributed by atoms with E-state index in [2.05, 4.69) is 5.32 Å². The highest BCUT2D eigenvalue weighted by atomic mass is 19.1. The molecular weight excluding hydrogens is 425 g/mol. The molecule has 2 aliphatic heterocycles. The van der Waals surface area contributed by atoms with E-state index in [0.29, 0.717) is 23.4 Å². The lowest BCUT2D eigenvalue weighted by Crippen LogP contribution is -2.51. The highest BCUT2D eigenvalue weighted by Gasteiger charge is 2.64. The summed E-state index contributed by atoms with van der Waals surface area (Å²) < 4.78 is 13.5. The van der Waals surface area contributed by atoms with Crippen molar-refractivity contribution < 1.29 is 18.9 Å². The van der Waals surface area contributed by atoms with E-state index in [1.807, 2.05) is 23.1 Å². The number of nitro groups is 1. The zero-order valence-electron chi connectivity index (χ0n) is 17.7. The number of para-hydroxylation sites is 1. The number of fused-ring (bicyclic) bond motifs is 2. The fraction of sp³-hybridized carbons (Fsp3) is 0.200. The number of halogens is 1. The average molecular weight is 445 g/mol. The fourth-order valence-corrected chi connectivity index (χ4v) is 5.33. The molecule has 0 radical (unpaired) electrons. The second kappa shape index (κ2) is 7.60. The third-order valence-corrected chi connectivity index (χ3v) is 6.80. The number of carbonyl (C=O) groups is 2. The van der Waals surface area contributed by atoms with Gasteiger partial charge in [0.2, 0.25) is 5.91 Å². The minimum Gasteiger partial charge on any atom is -0.324 e. The van der Waals surface area contributed by atoms with Gasteiger partial charge in [0.05, 0.1) is 10.8 Å². The van der Waals surface area contributed by atoms with Gasteiger partial charge in [0, 0.05) is 41.4 Å². The minimum absolute atomic E-state index is 0.0508. The summed E-state index contributed by atoms with van der Waals surface area (Å²) in [4.78, 5) is 40.0. The smallest absolute Gasteiger partial charge is 0.269 e. The first-order chi connectivity index (χ1) is 15.8. The van der Waals surface area contributed by atoms with Gasteiger partial charge >= 0.3 is 0 Å². The molecule has 1 saturated heterocycles. The summed E-state index contributed by atoms with van der Waals surface area (Å²) in [5.74, 6) is -2.27. The van der Waals surface area contributed by atoms with E-state index in [9.17, 15) is 24.1 Å². The number of amides is 1. The topological polar surface area (TPSA) is 92.5 Å². The molecule has 8 heteroatoms. The van der Waals surface area contributed by atoms with Crippen LogP contribution >= 0.6 is 0 Å². The van der Waals surface area contributed by atoms with E-state index < -0.39 is 28.1 Å². The van der Waals surface area contributed by atoms with Crippen molar-refractivity contribution in [3.8, 4) is 0 Å². The number of benzene rings is 3. The SMILES string of the molecule is CN1CC(c2ccc([N+](=O)[O-])cc2)C(C(=O)c2ccc(F)cc2)C12C(=O)Nc1ccccc12. The van der Waals surface area contributed by atoms with Gasteiger partial charge in [-0.15, -0.1) is 0 Å². The number of likely N-dealkylation sites (tertiary alicyclic amines) is 1. The van der Waals surface area contributed by atoms with Gasteiger partial charge in [-0.25, -0.2) is 4.39 Å². The van der Waals surface area contributed by atoms with E-state index in [4.69, 9.17) is 0 Å². The van der Waals surface area contributed by atoms with Gasteiger partial charge in [0.1, 0.15) is 11.4 Å². The molecule has 1 N–H and O–H groups in total. The van der Waals surface area contributed by atoms with Crippen LogP contribution in [0.25, 0.3) is 0 Å². The molecule has 7 nitrogen and oxygen atoms in total. The number of anilines is 1.